The molecule has 1 aromatic rings. The van der Waals surface area contributed by atoms with E-state index in [4.69, 9.17) is 4.74 Å². The summed E-state index contributed by atoms with van der Waals surface area (Å²) in [6.45, 7) is 8.90. The number of carbonyl (C=O) groups is 3. The van der Waals surface area contributed by atoms with Gasteiger partial charge in [-0.1, -0.05) is 42.5 Å². The fraction of sp³-hybridized carbons (Fsp3) is 0.567. The Morgan fingerprint density at radius 3 is 2.38 bits per heavy atom. The van der Waals surface area contributed by atoms with Crippen molar-refractivity contribution in [3.05, 3.63) is 61.2 Å². The minimum atomic E-state index is -0.500. The molecule has 1 N–H and O–H groups in total. The molecule has 0 spiro atoms. The Morgan fingerprint density at radius 2 is 1.70 bits per heavy atom. The van der Waals surface area contributed by atoms with Crippen LogP contribution in [-0.4, -0.2) is 71.1 Å². The molecular formula is C30H42N2O5. The first-order chi connectivity index (χ1) is 18.0. The molecule has 3 rings (SSSR count). The van der Waals surface area contributed by atoms with Gasteiger partial charge in [-0.15, -0.1) is 13.2 Å². The van der Waals surface area contributed by atoms with Gasteiger partial charge in [0.25, 0.3) is 0 Å². The molecule has 2 aliphatic heterocycles. The van der Waals surface area contributed by atoms with Gasteiger partial charge in [0.1, 0.15) is 6.61 Å². The molecule has 37 heavy (non-hydrogen) atoms. The van der Waals surface area contributed by atoms with Crippen molar-refractivity contribution in [3.63, 3.8) is 0 Å². The minimum absolute atomic E-state index is 0.0521. The topological polar surface area (TPSA) is 87.2 Å². The van der Waals surface area contributed by atoms with Crippen LogP contribution < -0.4 is 0 Å². The van der Waals surface area contributed by atoms with Gasteiger partial charge in [-0.05, 0) is 56.9 Å². The van der Waals surface area contributed by atoms with Crippen LogP contribution >= 0.6 is 0 Å². The zero-order valence-corrected chi connectivity index (χ0v) is 21.9. The predicted molar refractivity (Wildman–Crippen MR) is 144 cm³/mol. The summed E-state index contributed by atoms with van der Waals surface area (Å²) in [6, 6.07) is 9.56. The lowest BCUT2D eigenvalue weighted by Gasteiger charge is -2.30. The summed E-state index contributed by atoms with van der Waals surface area (Å²) in [7, 11) is 0. The van der Waals surface area contributed by atoms with E-state index in [9.17, 15) is 19.5 Å². The molecule has 4 unspecified atom stereocenters. The molecule has 4 atom stereocenters. The number of aliphatic hydroxyl groups excluding tert-OH is 1. The molecule has 0 bridgehead atoms. The second-order valence-electron chi connectivity index (χ2n) is 10.2. The highest BCUT2D eigenvalue weighted by Crippen LogP contribution is 2.26. The third-order valence-corrected chi connectivity index (χ3v) is 7.59. The first-order valence-corrected chi connectivity index (χ1v) is 13.6. The lowest BCUT2D eigenvalue weighted by Crippen LogP contribution is -2.45. The number of ether oxygens (including phenoxy) is 1. The van der Waals surface area contributed by atoms with Crippen LogP contribution in [0.3, 0.4) is 0 Å². The number of nitrogens with zero attached hydrogens (tertiary/aromatic N) is 2. The van der Waals surface area contributed by atoms with Crippen LogP contribution in [0, 0.1) is 11.8 Å². The highest BCUT2D eigenvalue weighted by molar-refractivity contribution is 5.86. The standard InChI is InChI=1S/C30H42N2O5/c1-3-5-14-25(19-23-12-7-6-8-13-23)30(36)37-22-27-16-10-18-32(27)29(35)24(11-4-2)20-28(34)31-17-9-15-26(31)21-33/h3-4,6-8,12-13,24-27,33H,1-2,5,9-11,14-22H2. The Balaban J connectivity index is 1.59. The number of aliphatic hydroxyl groups is 1. The molecule has 2 fully saturated rings. The van der Waals surface area contributed by atoms with Crippen LogP contribution in [0.4, 0.5) is 0 Å². The number of benzene rings is 1. The predicted octanol–water partition coefficient (Wildman–Crippen LogP) is 3.91. The number of hydrogen-bond acceptors (Lipinski definition) is 5. The number of amides is 2. The number of allylic oxidation sites excluding steroid dienone is 2. The smallest absolute Gasteiger partial charge is 0.309 e. The van der Waals surface area contributed by atoms with E-state index in [-0.39, 0.29) is 55.4 Å². The summed E-state index contributed by atoms with van der Waals surface area (Å²) in [4.78, 5) is 43.0. The Bertz CT molecular complexity index is 918. The summed E-state index contributed by atoms with van der Waals surface area (Å²) in [6.07, 6.45) is 9.28. The monoisotopic (exact) mass is 510 g/mol. The molecule has 1 aromatic carbocycles. The zero-order valence-electron chi connectivity index (χ0n) is 21.9. The Kier molecular flexibility index (Phi) is 11.4. The maximum absolute atomic E-state index is 13.5. The lowest BCUT2D eigenvalue weighted by atomic mass is 9.95. The summed E-state index contributed by atoms with van der Waals surface area (Å²) >= 11 is 0. The third kappa shape index (κ3) is 8.03. The molecule has 202 valence electrons. The van der Waals surface area contributed by atoms with Crippen molar-refractivity contribution in [1.82, 2.24) is 9.80 Å². The number of esters is 1. The van der Waals surface area contributed by atoms with Gasteiger partial charge in [0.15, 0.2) is 0 Å². The van der Waals surface area contributed by atoms with E-state index in [0.29, 0.717) is 32.4 Å². The summed E-state index contributed by atoms with van der Waals surface area (Å²) in [5, 5.41) is 9.58. The van der Waals surface area contributed by atoms with Crippen molar-refractivity contribution in [3.8, 4) is 0 Å². The van der Waals surface area contributed by atoms with Crippen LogP contribution in [0.1, 0.15) is 56.9 Å². The third-order valence-electron chi connectivity index (χ3n) is 7.59. The second kappa shape index (κ2) is 14.7. The largest absolute Gasteiger partial charge is 0.463 e. The normalized spacial score (nSPS) is 20.9. The van der Waals surface area contributed by atoms with Gasteiger partial charge in [-0.2, -0.15) is 0 Å². The summed E-state index contributed by atoms with van der Waals surface area (Å²) in [5.41, 5.74) is 1.09. The zero-order chi connectivity index (χ0) is 26.6. The summed E-state index contributed by atoms with van der Waals surface area (Å²) < 4.78 is 5.78. The quantitative estimate of drug-likeness (QED) is 0.303. The van der Waals surface area contributed by atoms with E-state index in [1.165, 1.54) is 0 Å². The fourth-order valence-corrected chi connectivity index (χ4v) is 5.51. The van der Waals surface area contributed by atoms with Crippen molar-refractivity contribution in [2.45, 2.75) is 69.9 Å². The first kappa shape index (κ1) is 28.6. The van der Waals surface area contributed by atoms with Gasteiger partial charge in [0.2, 0.25) is 11.8 Å². The molecule has 7 nitrogen and oxygen atoms in total. The molecule has 0 saturated carbocycles. The van der Waals surface area contributed by atoms with Gasteiger partial charge in [0.05, 0.1) is 30.5 Å². The molecule has 2 saturated heterocycles. The van der Waals surface area contributed by atoms with Gasteiger partial charge in [0, 0.05) is 19.5 Å². The molecule has 0 aliphatic carbocycles. The van der Waals surface area contributed by atoms with Crippen LogP contribution in [0.15, 0.2) is 55.6 Å². The van der Waals surface area contributed by atoms with Gasteiger partial charge >= 0.3 is 5.97 Å². The Labute approximate surface area is 221 Å². The van der Waals surface area contributed by atoms with Crippen LogP contribution in [0.5, 0.6) is 0 Å². The van der Waals surface area contributed by atoms with Gasteiger partial charge < -0.3 is 19.6 Å². The summed E-state index contributed by atoms with van der Waals surface area (Å²) in [5.74, 6) is -1.19. The molecular weight excluding hydrogens is 468 g/mol. The number of rotatable bonds is 14. The van der Waals surface area contributed by atoms with Gasteiger partial charge in [-0.3, -0.25) is 14.4 Å². The van der Waals surface area contributed by atoms with Gasteiger partial charge in [-0.25, -0.2) is 0 Å². The van der Waals surface area contributed by atoms with Crippen LogP contribution in [0.25, 0.3) is 0 Å². The Hall–Kier alpha value is -2.93. The lowest BCUT2D eigenvalue weighted by molar-refractivity contribution is -0.153. The molecule has 7 heteroatoms. The average molecular weight is 511 g/mol. The van der Waals surface area contributed by atoms with E-state index in [1.807, 2.05) is 36.4 Å². The maximum atomic E-state index is 13.5. The van der Waals surface area contributed by atoms with E-state index < -0.39 is 5.92 Å². The van der Waals surface area contributed by atoms with E-state index in [1.54, 1.807) is 15.9 Å². The number of hydrogen-bond donors (Lipinski definition) is 1. The Morgan fingerprint density at radius 1 is 1.00 bits per heavy atom. The van der Waals surface area contributed by atoms with Crippen LogP contribution in [-0.2, 0) is 25.5 Å². The minimum Gasteiger partial charge on any atom is -0.463 e. The molecule has 0 aromatic heterocycles. The van der Waals surface area contributed by atoms with E-state index in [2.05, 4.69) is 13.2 Å². The molecule has 2 aliphatic rings. The van der Waals surface area contributed by atoms with Crippen molar-refractivity contribution < 1.29 is 24.2 Å². The van der Waals surface area contributed by atoms with Crippen molar-refractivity contribution in [2.24, 2.45) is 11.8 Å². The van der Waals surface area contributed by atoms with Crippen molar-refractivity contribution >= 4 is 17.8 Å². The number of carbonyl (C=O) groups excluding carboxylic acids is 3. The van der Waals surface area contributed by atoms with E-state index >= 15 is 0 Å². The number of likely N-dealkylation sites (tertiary alicyclic amines) is 2. The fourth-order valence-electron chi connectivity index (χ4n) is 5.51. The van der Waals surface area contributed by atoms with Crippen LogP contribution in [0.2, 0.25) is 0 Å². The van der Waals surface area contributed by atoms with Crippen molar-refractivity contribution in [1.29, 1.82) is 0 Å². The second-order valence-corrected chi connectivity index (χ2v) is 10.2. The average Bonchev–Trinajstić information content (AvgIpc) is 3.59. The molecule has 0 radical (unpaired) electrons. The molecule has 2 amide bonds. The SMILES string of the molecule is C=CCCC(Cc1ccccc1)C(=O)OCC1CCCN1C(=O)C(CC=C)CC(=O)N1CCCC1CO. The maximum Gasteiger partial charge on any atom is 0.309 e. The highest BCUT2D eigenvalue weighted by atomic mass is 16.5. The van der Waals surface area contributed by atoms with Crippen molar-refractivity contribution in [2.75, 3.05) is 26.3 Å². The van der Waals surface area contributed by atoms with E-state index in [0.717, 1.165) is 37.7 Å². The molecule has 2 heterocycles. The highest BCUT2D eigenvalue weighted by Gasteiger charge is 2.36. The first-order valence-electron chi connectivity index (χ1n) is 13.6.